The van der Waals surface area contributed by atoms with Crippen molar-refractivity contribution in [2.75, 3.05) is 19.7 Å². The number of amides is 3. The fourth-order valence-electron chi connectivity index (χ4n) is 3.27. The third kappa shape index (κ3) is 13.1. The monoisotopic (exact) mass is 554 g/mol. The van der Waals surface area contributed by atoms with Gasteiger partial charge < -0.3 is 59.8 Å². The average Bonchev–Trinajstić information content (AvgIpc) is 3.39. The van der Waals surface area contributed by atoms with E-state index >= 15 is 0 Å². The van der Waals surface area contributed by atoms with Gasteiger partial charge in [0, 0.05) is 31.4 Å². The maximum atomic E-state index is 13.2. The van der Waals surface area contributed by atoms with Gasteiger partial charge in [-0.3, -0.25) is 24.4 Å². The number of rotatable bonds is 18. The lowest BCUT2D eigenvalue weighted by Crippen LogP contribution is -2.57. The molecule has 1 rings (SSSR count). The molecular formula is C21H38N12O6. The van der Waals surface area contributed by atoms with Gasteiger partial charge in [0.25, 0.3) is 0 Å². The zero-order valence-electron chi connectivity index (χ0n) is 21.4. The molecule has 4 unspecified atom stereocenters. The van der Waals surface area contributed by atoms with Gasteiger partial charge in [-0.2, -0.15) is 0 Å². The number of nitrogens with one attached hydrogen (secondary N) is 4. The molecule has 0 fully saturated rings. The number of guanidine groups is 2. The highest BCUT2D eigenvalue weighted by molar-refractivity contribution is 5.94. The lowest BCUT2D eigenvalue weighted by Gasteiger charge is -2.25. The van der Waals surface area contributed by atoms with E-state index in [1.165, 1.54) is 12.5 Å². The summed E-state index contributed by atoms with van der Waals surface area (Å²) in [4.78, 5) is 64.5. The van der Waals surface area contributed by atoms with Gasteiger partial charge in [0.05, 0.1) is 12.9 Å². The van der Waals surface area contributed by atoms with Crippen molar-refractivity contribution in [1.82, 2.24) is 25.9 Å². The van der Waals surface area contributed by atoms with E-state index in [2.05, 4.69) is 35.9 Å². The van der Waals surface area contributed by atoms with Crippen LogP contribution in [0.3, 0.4) is 0 Å². The Hall–Kier alpha value is -4.45. The van der Waals surface area contributed by atoms with Crippen LogP contribution >= 0.6 is 0 Å². The number of aliphatic imine (C=N–C) groups is 2. The second kappa shape index (κ2) is 17.1. The van der Waals surface area contributed by atoms with Crippen molar-refractivity contribution >= 4 is 35.6 Å². The molecule has 0 spiro atoms. The van der Waals surface area contributed by atoms with Gasteiger partial charge in [-0.25, -0.2) is 9.78 Å². The van der Waals surface area contributed by atoms with Crippen LogP contribution in [0.4, 0.5) is 0 Å². The van der Waals surface area contributed by atoms with Crippen LogP contribution in [0, 0.1) is 0 Å². The molecule has 218 valence electrons. The van der Waals surface area contributed by atoms with E-state index < -0.39 is 54.5 Å². The summed E-state index contributed by atoms with van der Waals surface area (Å²) in [6.07, 6.45) is 3.33. The zero-order valence-corrected chi connectivity index (χ0v) is 21.4. The predicted octanol–water partition coefficient (Wildman–Crippen LogP) is -5.08. The van der Waals surface area contributed by atoms with Crippen molar-refractivity contribution in [3.05, 3.63) is 18.2 Å². The van der Waals surface area contributed by atoms with E-state index in [4.69, 9.17) is 33.8 Å². The summed E-state index contributed by atoms with van der Waals surface area (Å²) in [5, 5.41) is 26.1. The third-order valence-electron chi connectivity index (χ3n) is 5.28. The molecule has 1 aromatic heterocycles. The molecule has 18 heteroatoms. The summed E-state index contributed by atoms with van der Waals surface area (Å²) >= 11 is 0. The van der Waals surface area contributed by atoms with Gasteiger partial charge in [-0.15, -0.1) is 0 Å². The third-order valence-corrected chi connectivity index (χ3v) is 5.28. The number of aliphatic hydroxyl groups is 1. The van der Waals surface area contributed by atoms with E-state index in [0.29, 0.717) is 5.69 Å². The summed E-state index contributed by atoms with van der Waals surface area (Å²) in [6, 6.07) is -4.99. The van der Waals surface area contributed by atoms with Crippen LogP contribution in [0.25, 0.3) is 0 Å². The number of carboxylic acids is 1. The van der Waals surface area contributed by atoms with Gasteiger partial charge in [0.2, 0.25) is 17.7 Å². The maximum Gasteiger partial charge on any atom is 0.326 e. The minimum atomic E-state index is -1.33. The molecule has 0 aliphatic heterocycles. The van der Waals surface area contributed by atoms with Crippen LogP contribution in [-0.4, -0.2) is 99.7 Å². The number of nitrogens with zero attached hydrogens (tertiary/aromatic N) is 3. The largest absolute Gasteiger partial charge is 0.480 e. The molecule has 0 radical (unpaired) electrons. The van der Waals surface area contributed by atoms with E-state index in [0.717, 1.165) is 0 Å². The number of aromatic nitrogens is 2. The standard InChI is InChI=1S/C21H38N12O6/c22-12(9-34)16(35)31-13(3-1-5-28-20(23)24)17(36)32-14(4-2-6-29-21(25)26)18(37)33-15(19(38)39)7-11-8-27-10-30-11/h8,10,12-15,34H,1-7,9,22H2,(H,27,30)(H,31,35)(H,32,36)(H,33,37)(H,38,39)(H4,23,24,28)(H4,25,26,29). The number of carboxylic acid groups (broad SMARTS) is 1. The Labute approximate surface area is 224 Å². The molecule has 39 heavy (non-hydrogen) atoms. The number of aliphatic carboxylic acids is 1. The fourth-order valence-corrected chi connectivity index (χ4v) is 3.27. The van der Waals surface area contributed by atoms with E-state index in [1.807, 2.05) is 0 Å². The molecule has 18 nitrogen and oxygen atoms in total. The predicted molar refractivity (Wildman–Crippen MR) is 141 cm³/mol. The molecule has 0 aliphatic carbocycles. The van der Waals surface area contributed by atoms with Crippen LogP contribution in [0.15, 0.2) is 22.5 Å². The van der Waals surface area contributed by atoms with Crippen LogP contribution in [0.2, 0.25) is 0 Å². The molecule has 4 atom stereocenters. The van der Waals surface area contributed by atoms with Gasteiger partial charge in [-0.05, 0) is 25.7 Å². The molecule has 0 saturated heterocycles. The summed E-state index contributed by atoms with van der Waals surface area (Å²) in [6.45, 7) is -0.357. The van der Waals surface area contributed by atoms with Gasteiger partial charge >= 0.3 is 5.97 Å². The number of aromatic amines is 1. The van der Waals surface area contributed by atoms with E-state index in [1.54, 1.807) is 0 Å². The van der Waals surface area contributed by atoms with Crippen LogP contribution < -0.4 is 44.6 Å². The maximum absolute atomic E-state index is 13.2. The second-order valence-electron chi connectivity index (χ2n) is 8.49. The minimum absolute atomic E-state index is 0.0373. The van der Waals surface area contributed by atoms with Crippen molar-refractivity contribution in [3.63, 3.8) is 0 Å². The van der Waals surface area contributed by atoms with Crippen molar-refractivity contribution in [2.45, 2.75) is 56.3 Å². The number of carbonyl (C=O) groups excluding carboxylic acids is 3. The fraction of sp³-hybridized carbons (Fsp3) is 0.571. The van der Waals surface area contributed by atoms with E-state index in [-0.39, 0.29) is 57.1 Å². The first-order valence-corrected chi connectivity index (χ1v) is 12.0. The summed E-state index contributed by atoms with van der Waals surface area (Å²) in [5.74, 6) is -3.93. The molecule has 3 amide bonds. The van der Waals surface area contributed by atoms with Crippen LogP contribution in [-0.2, 0) is 25.6 Å². The normalized spacial score (nSPS) is 13.7. The number of nitrogens with two attached hydrogens (primary N) is 5. The van der Waals surface area contributed by atoms with Gasteiger partial charge in [0.15, 0.2) is 11.9 Å². The Balaban J connectivity index is 3.06. The molecular weight excluding hydrogens is 516 g/mol. The Morgan fingerprint density at radius 3 is 1.77 bits per heavy atom. The number of H-pyrrole nitrogens is 1. The molecule has 16 N–H and O–H groups in total. The highest BCUT2D eigenvalue weighted by Crippen LogP contribution is 2.06. The second-order valence-corrected chi connectivity index (χ2v) is 8.49. The minimum Gasteiger partial charge on any atom is -0.480 e. The molecule has 0 aliphatic rings. The topological polar surface area (TPSA) is 328 Å². The number of aliphatic hydroxyl groups excluding tert-OH is 1. The molecule has 1 heterocycles. The lowest BCUT2D eigenvalue weighted by molar-refractivity contribution is -0.142. The average molecular weight is 555 g/mol. The van der Waals surface area contributed by atoms with Crippen LogP contribution in [0.5, 0.6) is 0 Å². The lowest BCUT2D eigenvalue weighted by atomic mass is 10.1. The first-order chi connectivity index (χ1) is 18.4. The van der Waals surface area contributed by atoms with Crippen molar-refractivity contribution in [3.8, 4) is 0 Å². The zero-order chi connectivity index (χ0) is 29.4. The summed E-state index contributed by atoms with van der Waals surface area (Å²) < 4.78 is 0. The van der Waals surface area contributed by atoms with E-state index in [9.17, 15) is 24.3 Å². The van der Waals surface area contributed by atoms with Crippen molar-refractivity contribution < 1.29 is 29.4 Å². The Kier molecular flexibility index (Phi) is 14.3. The Morgan fingerprint density at radius 2 is 1.36 bits per heavy atom. The Bertz CT molecular complexity index is 992. The number of hydrogen-bond acceptors (Lipinski definition) is 9. The number of carbonyl (C=O) groups is 4. The SMILES string of the molecule is NC(N)=NCCCC(NC(=O)C(N)CO)C(=O)NC(CCCN=C(N)N)C(=O)NC(Cc1cnc[nH]1)C(=O)O. The first-order valence-electron chi connectivity index (χ1n) is 12.0. The molecule has 0 bridgehead atoms. The highest BCUT2D eigenvalue weighted by atomic mass is 16.4. The Morgan fingerprint density at radius 1 is 0.872 bits per heavy atom. The smallest absolute Gasteiger partial charge is 0.326 e. The van der Waals surface area contributed by atoms with Crippen LogP contribution in [0.1, 0.15) is 31.4 Å². The van der Waals surface area contributed by atoms with Gasteiger partial charge in [0.1, 0.15) is 24.2 Å². The summed E-state index contributed by atoms with van der Waals surface area (Å²) in [7, 11) is 0. The number of hydrogen-bond donors (Lipinski definition) is 11. The first kappa shape index (κ1) is 32.6. The van der Waals surface area contributed by atoms with Crippen molar-refractivity contribution in [1.29, 1.82) is 0 Å². The molecule has 0 aromatic carbocycles. The summed E-state index contributed by atoms with van der Waals surface area (Å²) in [5.41, 5.74) is 27.3. The molecule has 1 aromatic rings. The highest BCUT2D eigenvalue weighted by Gasteiger charge is 2.30. The molecule has 0 saturated carbocycles. The number of imidazole rings is 1. The quantitative estimate of drug-likeness (QED) is 0.0461. The van der Waals surface area contributed by atoms with Crippen molar-refractivity contribution in [2.24, 2.45) is 38.7 Å². The van der Waals surface area contributed by atoms with Gasteiger partial charge in [-0.1, -0.05) is 0 Å².